The second-order valence-corrected chi connectivity index (χ2v) is 5.56. The topological polar surface area (TPSA) is 72.5 Å². The first kappa shape index (κ1) is 20.2. The maximum Gasteiger partial charge on any atom is 0.416 e. The minimum absolute atomic E-state index is 0.177. The monoisotopic (exact) mass is 379 g/mol. The van der Waals surface area contributed by atoms with Crippen LogP contribution in [0.4, 0.5) is 18.9 Å². The van der Waals surface area contributed by atoms with Crippen LogP contribution in [0.3, 0.4) is 0 Å². The number of hydrogen-bond acceptors (Lipinski definition) is 4. The molecule has 0 saturated heterocycles. The number of benzene rings is 2. The molecule has 2 aromatic carbocycles. The Balaban J connectivity index is 1.97. The molecule has 0 atom stereocenters. The molecular formula is C19H16F3NO4. The molecule has 1 N–H and O–H groups in total. The van der Waals surface area contributed by atoms with E-state index in [0.717, 1.165) is 12.1 Å². The fourth-order valence-corrected chi connectivity index (χ4v) is 2.11. The summed E-state index contributed by atoms with van der Waals surface area (Å²) in [6, 6.07) is 9.71. The van der Waals surface area contributed by atoms with Gasteiger partial charge in [0.25, 0.3) is 0 Å². The molecule has 0 saturated carbocycles. The summed E-state index contributed by atoms with van der Waals surface area (Å²) in [5.41, 5.74) is -0.524. The number of amides is 1. The Labute approximate surface area is 153 Å². The lowest BCUT2D eigenvalue weighted by molar-refractivity contribution is -0.137. The first-order chi connectivity index (χ1) is 12.7. The molecule has 0 fully saturated rings. The molecule has 0 bridgehead atoms. The number of halogens is 3. The molecule has 0 aromatic heterocycles. The Morgan fingerprint density at radius 3 is 2.26 bits per heavy atom. The van der Waals surface area contributed by atoms with Gasteiger partial charge < -0.3 is 10.1 Å². The van der Waals surface area contributed by atoms with Crippen molar-refractivity contribution in [2.75, 3.05) is 11.9 Å². The molecule has 142 valence electrons. The molecule has 0 aliphatic heterocycles. The predicted octanol–water partition coefficient (Wildman–Crippen LogP) is 4.09. The van der Waals surface area contributed by atoms with Crippen molar-refractivity contribution in [2.24, 2.45) is 0 Å². The first-order valence-electron chi connectivity index (χ1n) is 7.98. The molecule has 0 spiro atoms. The van der Waals surface area contributed by atoms with Crippen molar-refractivity contribution in [3.8, 4) is 0 Å². The Kier molecular flexibility index (Phi) is 6.33. The lowest BCUT2D eigenvalue weighted by Crippen LogP contribution is -2.15. The van der Waals surface area contributed by atoms with Crippen LogP contribution in [0.15, 0.2) is 48.5 Å². The maximum absolute atomic E-state index is 12.7. The molecule has 8 heteroatoms. The van der Waals surface area contributed by atoms with Crippen molar-refractivity contribution in [3.63, 3.8) is 0 Å². The zero-order valence-corrected chi connectivity index (χ0v) is 14.3. The maximum atomic E-state index is 12.7. The van der Waals surface area contributed by atoms with Crippen LogP contribution in [0.2, 0.25) is 0 Å². The van der Waals surface area contributed by atoms with Crippen LogP contribution in [0.1, 0.15) is 39.6 Å². The van der Waals surface area contributed by atoms with E-state index in [9.17, 15) is 27.6 Å². The summed E-state index contributed by atoms with van der Waals surface area (Å²) in [5, 5.41) is 2.62. The molecule has 1 amide bonds. The number of Topliss-reactive ketones (excluding diaryl/α,β-unsaturated/α-hetero) is 1. The number of ether oxygens (including phenoxy) is 1. The van der Waals surface area contributed by atoms with Crippen molar-refractivity contribution in [3.05, 3.63) is 65.2 Å². The Morgan fingerprint density at radius 2 is 1.67 bits per heavy atom. The van der Waals surface area contributed by atoms with Gasteiger partial charge in [-0.15, -0.1) is 0 Å². The van der Waals surface area contributed by atoms with Crippen LogP contribution in [0.25, 0.3) is 0 Å². The van der Waals surface area contributed by atoms with Crippen LogP contribution in [-0.2, 0) is 15.7 Å². The van der Waals surface area contributed by atoms with Crippen LogP contribution in [0.5, 0.6) is 0 Å². The molecule has 0 aliphatic rings. The Hall–Kier alpha value is -3.16. The van der Waals surface area contributed by atoms with E-state index in [1.165, 1.54) is 30.3 Å². The van der Waals surface area contributed by atoms with Crippen LogP contribution < -0.4 is 5.32 Å². The number of nitrogens with one attached hydrogen (secondary N) is 1. The normalized spacial score (nSPS) is 11.0. The van der Waals surface area contributed by atoms with E-state index >= 15 is 0 Å². The molecule has 0 heterocycles. The number of esters is 1. The quantitative estimate of drug-likeness (QED) is 0.606. The standard InChI is InChI=1S/C19H16F3NO4/c1-2-17(25)23-15-8-6-12(7-9-15)16(24)11-27-18(26)13-4-3-5-14(10-13)19(20,21)22/h3-10H,2,11H2,1H3,(H,23,25). The van der Waals surface area contributed by atoms with E-state index in [-0.39, 0.29) is 17.0 Å². The van der Waals surface area contributed by atoms with E-state index in [2.05, 4.69) is 5.32 Å². The molecular weight excluding hydrogens is 363 g/mol. The number of hydrogen-bond donors (Lipinski definition) is 1. The summed E-state index contributed by atoms with van der Waals surface area (Å²) in [4.78, 5) is 35.2. The van der Waals surface area contributed by atoms with Gasteiger partial charge in [0.05, 0.1) is 11.1 Å². The second-order valence-electron chi connectivity index (χ2n) is 5.56. The van der Waals surface area contributed by atoms with Gasteiger partial charge in [-0.05, 0) is 42.5 Å². The number of ketones is 1. The number of carbonyl (C=O) groups is 3. The third-order valence-electron chi connectivity index (χ3n) is 3.57. The SMILES string of the molecule is CCC(=O)Nc1ccc(C(=O)COC(=O)c2cccc(C(F)(F)F)c2)cc1. The third kappa shape index (κ3) is 5.67. The minimum atomic E-state index is -4.58. The highest BCUT2D eigenvalue weighted by Crippen LogP contribution is 2.29. The van der Waals surface area contributed by atoms with Crippen molar-refractivity contribution < 1.29 is 32.3 Å². The lowest BCUT2D eigenvalue weighted by Gasteiger charge is -2.09. The summed E-state index contributed by atoms with van der Waals surface area (Å²) < 4.78 is 42.8. The zero-order chi connectivity index (χ0) is 20.0. The van der Waals surface area contributed by atoms with Crippen molar-refractivity contribution in [1.29, 1.82) is 0 Å². The fraction of sp³-hybridized carbons (Fsp3) is 0.211. The van der Waals surface area contributed by atoms with Crippen LogP contribution in [0, 0.1) is 0 Å². The number of anilines is 1. The fourth-order valence-electron chi connectivity index (χ4n) is 2.11. The van der Waals surface area contributed by atoms with E-state index in [1.807, 2.05) is 0 Å². The molecule has 0 aliphatic carbocycles. The number of rotatable bonds is 6. The average molecular weight is 379 g/mol. The van der Waals surface area contributed by atoms with Crippen LogP contribution >= 0.6 is 0 Å². The highest BCUT2D eigenvalue weighted by atomic mass is 19.4. The van der Waals surface area contributed by atoms with Gasteiger partial charge in [0, 0.05) is 17.7 Å². The van der Waals surface area contributed by atoms with E-state index < -0.39 is 30.1 Å². The van der Waals surface area contributed by atoms with Gasteiger partial charge in [0.1, 0.15) is 0 Å². The van der Waals surface area contributed by atoms with Gasteiger partial charge in [-0.3, -0.25) is 9.59 Å². The van der Waals surface area contributed by atoms with Crippen molar-refractivity contribution >= 4 is 23.3 Å². The Bertz CT molecular complexity index is 845. The molecule has 2 aromatic rings. The van der Waals surface area contributed by atoms with E-state index in [1.54, 1.807) is 6.92 Å². The smallest absolute Gasteiger partial charge is 0.416 e. The van der Waals surface area contributed by atoms with E-state index in [4.69, 9.17) is 4.74 Å². The minimum Gasteiger partial charge on any atom is -0.454 e. The highest BCUT2D eigenvalue weighted by Gasteiger charge is 2.31. The molecule has 5 nitrogen and oxygen atoms in total. The zero-order valence-electron chi connectivity index (χ0n) is 14.3. The van der Waals surface area contributed by atoms with Gasteiger partial charge in [0.2, 0.25) is 5.91 Å². The summed E-state index contributed by atoms with van der Waals surface area (Å²) in [6.45, 7) is 1.09. The van der Waals surface area contributed by atoms with Gasteiger partial charge in [0.15, 0.2) is 12.4 Å². The molecule has 0 radical (unpaired) electrons. The second kappa shape index (κ2) is 8.48. The highest BCUT2D eigenvalue weighted by molar-refractivity contribution is 6.00. The van der Waals surface area contributed by atoms with Crippen molar-refractivity contribution in [1.82, 2.24) is 0 Å². The van der Waals surface area contributed by atoms with Crippen LogP contribution in [-0.4, -0.2) is 24.3 Å². The number of alkyl halides is 3. The van der Waals surface area contributed by atoms with Gasteiger partial charge in [-0.2, -0.15) is 13.2 Å². The van der Waals surface area contributed by atoms with E-state index in [0.29, 0.717) is 18.2 Å². The number of carbonyl (C=O) groups excluding carboxylic acids is 3. The van der Waals surface area contributed by atoms with Crippen molar-refractivity contribution in [2.45, 2.75) is 19.5 Å². The van der Waals surface area contributed by atoms with Gasteiger partial charge in [-0.25, -0.2) is 4.79 Å². The summed E-state index contributed by atoms with van der Waals surface area (Å²) >= 11 is 0. The van der Waals surface area contributed by atoms with Gasteiger partial charge in [-0.1, -0.05) is 13.0 Å². The third-order valence-corrected chi connectivity index (χ3v) is 3.57. The summed E-state index contributed by atoms with van der Waals surface area (Å²) in [5.74, 6) is -1.73. The van der Waals surface area contributed by atoms with Gasteiger partial charge >= 0.3 is 12.1 Å². The molecule has 27 heavy (non-hydrogen) atoms. The predicted molar refractivity (Wildman–Crippen MR) is 91.4 cm³/mol. The largest absolute Gasteiger partial charge is 0.454 e. The average Bonchev–Trinajstić information content (AvgIpc) is 2.65. The Morgan fingerprint density at radius 1 is 1.00 bits per heavy atom. The lowest BCUT2D eigenvalue weighted by atomic mass is 10.1. The summed E-state index contributed by atoms with van der Waals surface area (Å²) in [6.07, 6.45) is -4.27. The molecule has 0 unspecified atom stereocenters. The first-order valence-corrected chi connectivity index (χ1v) is 7.98. The summed E-state index contributed by atoms with van der Waals surface area (Å²) in [7, 11) is 0. The molecule has 2 rings (SSSR count).